The summed E-state index contributed by atoms with van der Waals surface area (Å²) in [5, 5.41) is 3.19. The van der Waals surface area contributed by atoms with Gasteiger partial charge in [0.15, 0.2) is 0 Å². The van der Waals surface area contributed by atoms with Crippen molar-refractivity contribution in [3.05, 3.63) is 0 Å². The van der Waals surface area contributed by atoms with Crippen molar-refractivity contribution in [3.63, 3.8) is 0 Å². The molecule has 0 aliphatic carbocycles. The summed E-state index contributed by atoms with van der Waals surface area (Å²) in [6.45, 7) is 6.51. The fourth-order valence-electron chi connectivity index (χ4n) is 1.30. The third-order valence-electron chi connectivity index (χ3n) is 1.82. The average molecular weight is 194 g/mol. The van der Waals surface area contributed by atoms with Crippen molar-refractivity contribution in [2.45, 2.75) is 20.3 Å². The van der Waals surface area contributed by atoms with Crippen LogP contribution in [-0.2, 0) is 0 Å². The van der Waals surface area contributed by atoms with Crippen LogP contribution in [0.1, 0.15) is 13.8 Å². The Morgan fingerprint density at radius 3 is 2.38 bits per heavy atom. The molecular formula is C9H20F2N2. The number of hydrogen-bond donors (Lipinski definition) is 1. The van der Waals surface area contributed by atoms with E-state index in [1.54, 1.807) is 11.9 Å². The fraction of sp³-hybridized carbons (Fsp3) is 1.00. The van der Waals surface area contributed by atoms with Gasteiger partial charge >= 0.3 is 0 Å². The van der Waals surface area contributed by atoms with Gasteiger partial charge in [0.05, 0.1) is 6.54 Å². The lowest BCUT2D eigenvalue weighted by molar-refractivity contribution is 0.0943. The number of rotatable bonds is 7. The van der Waals surface area contributed by atoms with Crippen LogP contribution in [0, 0.1) is 5.92 Å². The maximum absolute atomic E-state index is 11.9. The van der Waals surface area contributed by atoms with Crippen molar-refractivity contribution >= 4 is 0 Å². The summed E-state index contributed by atoms with van der Waals surface area (Å²) in [4.78, 5) is 1.67. The van der Waals surface area contributed by atoms with Crippen LogP contribution in [0.3, 0.4) is 0 Å². The van der Waals surface area contributed by atoms with Gasteiger partial charge in [-0.15, -0.1) is 0 Å². The van der Waals surface area contributed by atoms with E-state index in [1.165, 1.54) is 0 Å². The standard InChI is InChI=1S/C9H20F2N2/c1-4-12-5-8(2)6-13(3)7-9(10)11/h8-9,12H,4-7H2,1-3H3. The van der Waals surface area contributed by atoms with Crippen molar-refractivity contribution in [3.8, 4) is 0 Å². The van der Waals surface area contributed by atoms with Crippen molar-refractivity contribution in [1.82, 2.24) is 10.2 Å². The van der Waals surface area contributed by atoms with Crippen molar-refractivity contribution in [1.29, 1.82) is 0 Å². The second-order valence-corrected chi connectivity index (χ2v) is 3.53. The first-order valence-corrected chi connectivity index (χ1v) is 4.73. The largest absolute Gasteiger partial charge is 0.317 e. The van der Waals surface area contributed by atoms with Gasteiger partial charge in [-0.25, -0.2) is 8.78 Å². The van der Waals surface area contributed by atoms with E-state index in [0.717, 1.165) is 19.6 Å². The van der Waals surface area contributed by atoms with Gasteiger partial charge in [0, 0.05) is 6.54 Å². The van der Waals surface area contributed by atoms with Gasteiger partial charge in [-0.05, 0) is 26.1 Å². The molecular weight excluding hydrogens is 174 g/mol. The molecule has 80 valence electrons. The van der Waals surface area contributed by atoms with E-state index in [4.69, 9.17) is 0 Å². The Morgan fingerprint density at radius 2 is 1.92 bits per heavy atom. The maximum atomic E-state index is 11.9. The molecule has 1 N–H and O–H groups in total. The van der Waals surface area contributed by atoms with Crippen LogP contribution >= 0.6 is 0 Å². The van der Waals surface area contributed by atoms with Crippen molar-refractivity contribution < 1.29 is 8.78 Å². The Balaban J connectivity index is 3.46. The smallest absolute Gasteiger partial charge is 0.251 e. The van der Waals surface area contributed by atoms with Crippen LogP contribution in [0.4, 0.5) is 8.78 Å². The first-order chi connectivity index (χ1) is 6.06. The minimum atomic E-state index is -2.23. The zero-order chi connectivity index (χ0) is 10.3. The maximum Gasteiger partial charge on any atom is 0.251 e. The van der Waals surface area contributed by atoms with Gasteiger partial charge in [0.2, 0.25) is 0 Å². The van der Waals surface area contributed by atoms with E-state index in [2.05, 4.69) is 12.2 Å². The molecule has 0 saturated carbocycles. The van der Waals surface area contributed by atoms with Crippen LogP contribution in [-0.4, -0.2) is 44.6 Å². The van der Waals surface area contributed by atoms with Gasteiger partial charge < -0.3 is 10.2 Å². The van der Waals surface area contributed by atoms with Crippen LogP contribution < -0.4 is 5.32 Å². The van der Waals surface area contributed by atoms with Crippen molar-refractivity contribution in [2.75, 3.05) is 33.2 Å². The molecule has 4 heteroatoms. The summed E-state index contributed by atoms with van der Waals surface area (Å²) in [6.07, 6.45) is -2.23. The molecule has 0 amide bonds. The van der Waals surface area contributed by atoms with E-state index in [9.17, 15) is 8.78 Å². The number of halogens is 2. The second kappa shape index (κ2) is 7.21. The van der Waals surface area contributed by atoms with Crippen molar-refractivity contribution in [2.24, 2.45) is 5.92 Å². The lowest BCUT2D eigenvalue weighted by Crippen LogP contribution is -2.33. The highest BCUT2D eigenvalue weighted by molar-refractivity contribution is 4.62. The highest BCUT2D eigenvalue weighted by Crippen LogP contribution is 2.00. The SMILES string of the molecule is CCNCC(C)CN(C)CC(F)F. The molecule has 0 aromatic heterocycles. The quantitative estimate of drug-likeness (QED) is 0.659. The highest BCUT2D eigenvalue weighted by Gasteiger charge is 2.10. The summed E-state index contributed by atoms with van der Waals surface area (Å²) in [7, 11) is 1.73. The monoisotopic (exact) mass is 194 g/mol. The first-order valence-electron chi connectivity index (χ1n) is 4.73. The Labute approximate surface area is 79.3 Å². The van der Waals surface area contributed by atoms with E-state index < -0.39 is 6.43 Å². The molecule has 0 aliphatic heterocycles. The fourth-order valence-corrected chi connectivity index (χ4v) is 1.30. The predicted molar refractivity (Wildman–Crippen MR) is 51.2 cm³/mol. The van der Waals surface area contributed by atoms with E-state index in [-0.39, 0.29) is 6.54 Å². The molecule has 0 spiro atoms. The summed E-state index contributed by atoms with van der Waals surface area (Å²) < 4.78 is 23.9. The van der Waals surface area contributed by atoms with Gasteiger partial charge in [0.25, 0.3) is 6.43 Å². The molecule has 0 bridgehead atoms. The topological polar surface area (TPSA) is 15.3 Å². The number of nitrogens with one attached hydrogen (secondary N) is 1. The Bertz CT molecular complexity index is 120. The van der Waals surface area contributed by atoms with E-state index >= 15 is 0 Å². The Kier molecular flexibility index (Phi) is 7.09. The van der Waals surface area contributed by atoms with Gasteiger partial charge in [-0.2, -0.15) is 0 Å². The second-order valence-electron chi connectivity index (χ2n) is 3.53. The lowest BCUT2D eigenvalue weighted by Gasteiger charge is -2.20. The van der Waals surface area contributed by atoms with E-state index in [1.807, 2.05) is 6.92 Å². The van der Waals surface area contributed by atoms with Crippen LogP contribution in [0.15, 0.2) is 0 Å². The summed E-state index contributed by atoms with van der Waals surface area (Å²) in [6, 6.07) is 0. The zero-order valence-corrected chi connectivity index (χ0v) is 8.69. The molecule has 0 rings (SSSR count). The molecule has 0 aliphatic rings. The zero-order valence-electron chi connectivity index (χ0n) is 8.69. The third-order valence-corrected chi connectivity index (χ3v) is 1.82. The molecule has 0 heterocycles. The normalized spacial score (nSPS) is 14.1. The summed E-state index contributed by atoms with van der Waals surface area (Å²) in [5.41, 5.74) is 0. The van der Waals surface area contributed by atoms with Crippen LogP contribution in [0.25, 0.3) is 0 Å². The first kappa shape index (κ1) is 12.8. The molecule has 0 saturated heterocycles. The van der Waals surface area contributed by atoms with E-state index in [0.29, 0.717) is 5.92 Å². The lowest BCUT2D eigenvalue weighted by atomic mass is 10.1. The van der Waals surface area contributed by atoms with Crippen LogP contribution in [0.5, 0.6) is 0 Å². The molecule has 0 fully saturated rings. The highest BCUT2D eigenvalue weighted by atomic mass is 19.3. The Morgan fingerprint density at radius 1 is 1.31 bits per heavy atom. The molecule has 0 radical (unpaired) electrons. The minimum absolute atomic E-state index is 0.129. The minimum Gasteiger partial charge on any atom is -0.317 e. The molecule has 2 nitrogen and oxygen atoms in total. The molecule has 1 unspecified atom stereocenters. The third kappa shape index (κ3) is 8.12. The average Bonchev–Trinajstić information content (AvgIpc) is 1.98. The Hall–Kier alpha value is -0.220. The summed E-state index contributed by atoms with van der Waals surface area (Å²) >= 11 is 0. The molecule has 0 aromatic rings. The predicted octanol–water partition coefficient (Wildman–Crippen LogP) is 1.43. The van der Waals surface area contributed by atoms with Gasteiger partial charge in [-0.1, -0.05) is 13.8 Å². The number of nitrogens with zero attached hydrogens (tertiary/aromatic N) is 1. The molecule has 13 heavy (non-hydrogen) atoms. The number of hydrogen-bond acceptors (Lipinski definition) is 2. The molecule has 0 aromatic carbocycles. The van der Waals surface area contributed by atoms with Crippen LogP contribution in [0.2, 0.25) is 0 Å². The number of alkyl halides is 2. The van der Waals surface area contributed by atoms with Gasteiger partial charge in [0.1, 0.15) is 0 Å². The molecule has 1 atom stereocenters. The van der Waals surface area contributed by atoms with Gasteiger partial charge in [-0.3, -0.25) is 0 Å². The summed E-state index contributed by atoms with van der Waals surface area (Å²) in [5.74, 6) is 0.420.